The Balaban J connectivity index is 1.43. The number of nitrogens with one attached hydrogen (secondary N) is 3. The van der Waals surface area contributed by atoms with Gasteiger partial charge >= 0.3 is 0 Å². The Morgan fingerprint density at radius 3 is 2.68 bits per heavy atom. The van der Waals surface area contributed by atoms with E-state index in [-0.39, 0.29) is 12.3 Å². The minimum absolute atomic E-state index is 0.0417. The fourth-order valence-electron chi connectivity index (χ4n) is 4.33. The molecule has 5 heterocycles. The van der Waals surface area contributed by atoms with Crippen molar-refractivity contribution in [2.24, 2.45) is 0 Å². The molecule has 6 rings (SSSR count). The van der Waals surface area contributed by atoms with E-state index in [9.17, 15) is 17.9 Å². The van der Waals surface area contributed by atoms with Gasteiger partial charge in [-0.05, 0) is 54.1 Å². The van der Waals surface area contributed by atoms with Gasteiger partial charge in [0.15, 0.2) is 0 Å². The van der Waals surface area contributed by atoms with E-state index in [1.807, 2.05) is 18.2 Å². The van der Waals surface area contributed by atoms with Gasteiger partial charge in [0.25, 0.3) is 0 Å². The fourth-order valence-corrected chi connectivity index (χ4v) is 4.76. The molecule has 0 bridgehead atoms. The van der Waals surface area contributed by atoms with Gasteiger partial charge in [-0.15, -0.1) is 0 Å². The minimum atomic E-state index is -3.43. The molecule has 190 valence electrons. The molecule has 10 nitrogen and oxygen atoms in total. The molecule has 6 aromatic rings. The summed E-state index contributed by atoms with van der Waals surface area (Å²) in [7, 11) is -3.43. The number of fused-ring (bicyclic) bond motifs is 2. The normalized spacial score (nSPS) is 11.9. The van der Waals surface area contributed by atoms with Crippen LogP contribution < -0.4 is 4.72 Å². The van der Waals surface area contributed by atoms with Crippen molar-refractivity contribution in [3.05, 3.63) is 78.5 Å². The van der Waals surface area contributed by atoms with Gasteiger partial charge < -0.3 is 10.1 Å². The number of aromatic hydroxyl groups is 1. The first kappa shape index (κ1) is 23.7. The highest BCUT2D eigenvalue weighted by atomic mass is 32.2. The number of benzene rings is 1. The lowest BCUT2D eigenvalue weighted by atomic mass is 10.0. The van der Waals surface area contributed by atoms with Crippen LogP contribution in [0.15, 0.2) is 67.1 Å². The van der Waals surface area contributed by atoms with Crippen molar-refractivity contribution < 1.29 is 17.9 Å². The van der Waals surface area contributed by atoms with Crippen LogP contribution in [0.1, 0.15) is 5.56 Å². The van der Waals surface area contributed by atoms with Crippen molar-refractivity contribution in [1.29, 1.82) is 0 Å². The van der Waals surface area contributed by atoms with Crippen LogP contribution in [0.5, 0.6) is 5.75 Å². The molecule has 12 heteroatoms. The number of sulfonamides is 1. The molecule has 0 radical (unpaired) electrons. The zero-order chi connectivity index (χ0) is 26.4. The quantitative estimate of drug-likeness (QED) is 0.253. The Hall–Kier alpha value is -4.68. The van der Waals surface area contributed by atoms with Gasteiger partial charge in [-0.2, -0.15) is 5.10 Å². The molecule has 0 unspecified atom stereocenters. The number of aromatic nitrogens is 6. The van der Waals surface area contributed by atoms with Gasteiger partial charge in [-0.1, -0.05) is 0 Å². The number of pyridine rings is 3. The van der Waals surface area contributed by atoms with Crippen molar-refractivity contribution >= 4 is 32.0 Å². The van der Waals surface area contributed by atoms with Gasteiger partial charge in [0.1, 0.15) is 22.8 Å². The third kappa shape index (κ3) is 4.58. The molecule has 0 aliphatic rings. The third-order valence-corrected chi connectivity index (χ3v) is 6.67. The van der Waals surface area contributed by atoms with E-state index >= 15 is 0 Å². The summed E-state index contributed by atoms with van der Waals surface area (Å²) >= 11 is 0. The first-order chi connectivity index (χ1) is 18.2. The predicted molar refractivity (Wildman–Crippen MR) is 141 cm³/mol. The average Bonchev–Trinajstić information content (AvgIpc) is 3.50. The molecule has 0 atom stereocenters. The summed E-state index contributed by atoms with van der Waals surface area (Å²) in [6, 6.07) is 13.3. The summed E-state index contributed by atoms with van der Waals surface area (Å²) in [5.74, 6) is -0.459. The van der Waals surface area contributed by atoms with E-state index in [0.717, 1.165) is 22.7 Å². The molecule has 1 aromatic carbocycles. The largest absolute Gasteiger partial charge is 0.506 e. The molecule has 5 aromatic heterocycles. The van der Waals surface area contributed by atoms with Gasteiger partial charge in [-0.25, -0.2) is 22.5 Å². The van der Waals surface area contributed by atoms with Crippen molar-refractivity contribution in [2.45, 2.75) is 6.54 Å². The van der Waals surface area contributed by atoms with Gasteiger partial charge in [0.2, 0.25) is 10.0 Å². The van der Waals surface area contributed by atoms with Crippen molar-refractivity contribution in [2.75, 3.05) is 6.26 Å². The number of rotatable bonds is 6. The lowest BCUT2D eigenvalue weighted by Crippen LogP contribution is -2.21. The Kier molecular flexibility index (Phi) is 5.62. The Labute approximate surface area is 215 Å². The molecule has 0 aliphatic carbocycles. The predicted octanol–water partition coefficient (Wildman–Crippen LogP) is 4.12. The number of halogens is 1. The first-order valence-electron chi connectivity index (χ1n) is 11.5. The maximum Gasteiger partial charge on any atom is 0.209 e. The second-order valence-electron chi connectivity index (χ2n) is 8.84. The highest BCUT2D eigenvalue weighted by Crippen LogP contribution is 2.34. The lowest BCUT2D eigenvalue weighted by molar-refractivity contribution is 0.473. The minimum Gasteiger partial charge on any atom is -0.506 e. The summed E-state index contributed by atoms with van der Waals surface area (Å²) in [6.07, 6.45) is 5.64. The summed E-state index contributed by atoms with van der Waals surface area (Å²) in [5.41, 5.74) is 6.15. The lowest BCUT2D eigenvalue weighted by Gasteiger charge is -2.07. The smallest absolute Gasteiger partial charge is 0.209 e. The van der Waals surface area contributed by atoms with E-state index in [4.69, 9.17) is 4.98 Å². The monoisotopic (exact) mass is 529 g/mol. The first-order valence-corrected chi connectivity index (χ1v) is 13.3. The number of nitrogens with zero attached hydrogens (tertiary/aromatic N) is 4. The Morgan fingerprint density at radius 1 is 1.00 bits per heavy atom. The number of hydrogen-bond donors (Lipinski definition) is 4. The summed E-state index contributed by atoms with van der Waals surface area (Å²) in [6.45, 7) is -0.0417. The molecule has 0 saturated heterocycles. The highest BCUT2D eigenvalue weighted by Gasteiger charge is 2.17. The average molecular weight is 530 g/mol. The summed E-state index contributed by atoms with van der Waals surface area (Å²) < 4.78 is 39.9. The Bertz CT molecular complexity index is 1950. The number of hydrogen-bond acceptors (Lipinski definition) is 7. The van der Waals surface area contributed by atoms with E-state index in [0.29, 0.717) is 45.0 Å². The second-order valence-corrected chi connectivity index (χ2v) is 10.7. The molecule has 0 aliphatic heterocycles. The van der Waals surface area contributed by atoms with Crippen LogP contribution >= 0.6 is 0 Å². The zero-order valence-electron chi connectivity index (χ0n) is 19.9. The summed E-state index contributed by atoms with van der Waals surface area (Å²) in [5, 5.41) is 18.0. The van der Waals surface area contributed by atoms with Gasteiger partial charge in [0, 0.05) is 41.0 Å². The van der Waals surface area contributed by atoms with Crippen LogP contribution in [-0.4, -0.2) is 49.9 Å². The molecule has 0 spiro atoms. The second kappa shape index (κ2) is 9.01. The summed E-state index contributed by atoms with van der Waals surface area (Å²) in [4.78, 5) is 16.6. The standard InChI is InChI=1S/C26H20FN7O3S/c1-38(36,37)30-11-14-6-15(8-17(27)7-14)24-19-10-23(31-21(19)4-5-29-24)26-25-22(33-34-26)3-2-20(32-25)16-9-18(35)13-28-12-16/h2-10,12-13,30-31,35H,11H2,1H3,(H,33,34). The van der Waals surface area contributed by atoms with Crippen molar-refractivity contribution in [3.8, 4) is 39.7 Å². The van der Waals surface area contributed by atoms with E-state index in [1.165, 1.54) is 18.3 Å². The number of H-pyrrole nitrogens is 2. The van der Waals surface area contributed by atoms with Crippen LogP contribution in [0.4, 0.5) is 4.39 Å². The molecule has 0 fully saturated rings. The van der Waals surface area contributed by atoms with E-state index < -0.39 is 15.8 Å². The fraction of sp³-hybridized carbons (Fsp3) is 0.0769. The van der Waals surface area contributed by atoms with Crippen LogP contribution in [0.25, 0.3) is 55.8 Å². The third-order valence-electron chi connectivity index (χ3n) is 6.00. The van der Waals surface area contributed by atoms with Crippen LogP contribution in [-0.2, 0) is 16.6 Å². The molecule has 4 N–H and O–H groups in total. The van der Waals surface area contributed by atoms with Gasteiger partial charge in [0.05, 0.1) is 35.1 Å². The number of aromatic amines is 2. The molecular formula is C26H20FN7O3S. The van der Waals surface area contributed by atoms with Crippen LogP contribution in [0, 0.1) is 5.82 Å². The Morgan fingerprint density at radius 2 is 1.87 bits per heavy atom. The van der Waals surface area contributed by atoms with E-state index in [1.54, 1.807) is 30.6 Å². The van der Waals surface area contributed by atoms with Gasteiger partial charge in [-0.3, -0.25) is 15.1 Å². The maximum absolute atomic E-state index is 14.5. The molecule has 38 heavy (non-hydrogen) atoms. The van der Waals surface area contributed by atoms with Crippen molar-refractivity contribution in [1.82, 2.24) is 34.9 Å². The molecule has 0 amide bonds. The van der Waals surface area contributed by atoms with Crippen LogP contribution in [0.2, 0.25) is 0 Å². The zero-order valence-corrected chi connectivity index (χ0v) is 20.7. The van der Waals surface area contributed by atoms with Crippen LogP contribution in [0.3, 0.4) is 0 Å². The van der Waals surface area contributed by atoms with Crippen molar-refractivity contribution in [3.63, 3.8) is 0 Å². The molecular weight excluding hydrogens is 509 g/mol. The highest BCUT2D eigenvalue weighted by molar-refractivity contribution is 7.88. The van der Waals surface area contributed by atoms with E-state index in [2.05, 4.69) is 29.9 Å². The maximum atomic E-state index is 14.5. The topological polar surface area (TPSA) is 150 Å². The SMILES string of the molecule is CS(=O)(=O)NCc1cc(F)cc(-c2nccc3[nH]c(-c4n[nH]c5ccc(-c6cncc(O)c6)nc45)cc23)c1. The molecule has 0 saturated carbocycles.